The largest absolute Gasteiger partial charge is 0.493 e. The van der Waals surface area contributed by atoms with Crippen LogP contribution in [0.15, 0.2) is 71.2 Å². The molecule has 33 heavy (non-hydrogen) atoms. The number of halogens is 1. The fourth-order valence-electron chi connectivity index (χ4n) is 3.32. The number of benzene rings is 3. The van der Waals surface area contributed by atoms with E-state index in [1.54, 1.807) is 31.4 Å². The third kappa shape index (κ3) is 5.73. The van der Waals surface area contributed by atoms with Crippen molar-refractivity contribution in [3.63, 3.8) is 0 Å². The quantitative estimate of drug-likeness (QED) is 0.319. The molecule has 0 saturated carbocycles. The minimum atomic E-state index is -0.257. The first-order valence-corrected chi connectivity index (χ1v) is 10.9. The second kappa shape index (κ2) is 10.2. The molecule has 0 radical (unpaired) electrons. The lowest BCUT2D eigenvalue weighted by Crippen LogP contribution is -2.07. The molecule has 0 aliphatic rings. The molecular formula is C26H23ClN2O4. The van der Waals surface area contributed by atoms with Crippen LogP contribution in [0.4, 0.5) is 5.69 Å². The van der Waals surface area contributed by atoms with Gasteiger partial charge in [-0.3, -0.25) is 4.79 Å². The monoisotopic (exact) mass is 462 g/mol. The van der Waals surface area contributed by atoms with Gasteiger partial charge in [-0.05, 0) is 66.6 Å². The van der Waals surface area contributed by atoms with Crippen molar-refractivity contribution in [3.8, 4) is 11.5 Å². The number of amides is 1. The standard InChI is InChI=1S/C26H23ClN2O4/c1-3-32-23-11-6-17(14-24(23)31-2)7-13-25(30)28-20-10-12-22-21(16-20)29-26(33-22)15-18-4-8-19(27)9-5-18/h4-14,16H,3,15H2,1-2H3,(H,28,30)/b13-7+. The number of hydrogen-bond acceptors (Lipinski definition) is 5. The van der Waals surface area contributed by atoms with Crippen LogP contribution in [0, 0.1) is 0 Å². The van der Waals surface area contributed by atoms with Crippen molar-refractivity contribution in [2.45, 2.75) is 13.3 Å². The molecule has 1 N–H and O–H groups in total. The number of nitrogens with zero attached hydrogens (tertiary/aromatic N) is 1. The Morgan fingerprint density at radius 3 is 2.67 bits per heavy atom. The Bertz CT molecular complexity index is 1300. The van der Waals surface area contributed by atoms with Crippen LogP contribution in [0.5, 0.6) is 11.5 Å². The Labute approximate surface area is 196 Å². The molecule has 0 aliphatic heterocycles. The summed E-state index contributed by atoms with van der Waals surface area (Å²) in [5.74, 6) is 1.62. The molecule has 1 aromatic heterocycles. The van der Waals surface area contributed by atoms with E-state index in [9.17, 15) is 4.79 Å². The minimum absolute atomic E-state index is 0.257. The minimum Gasteiger partial charge on any atom is -0.493 e. The van der Waals surface area contributed by atoms with Crippen molar-refractivity contribution in [3.05, 3.63) is 88.8 Å². The normalized spacial score (nSPS) is 11.1. The Balaban J connectivity index is 1.42. The summed E-state index contributed by atoms with van der Waals surface area (Å²) in [4.78, 5) is 17.0. The number of methoxy groups -OCH3 is 1. The summed E-state index contributed by atoms with van der Waals surface area (Å²) in [6.45, 7) is 2.46. The van der Waals surface area contributed by atoms with Crippen LogP contribution in [-0.2, 0) is 11.2 Å². The van der Waals surface area contributed by atoms with Gasteiger partial charge in [-0.2, -0.15) is 0 Å². The fourth-order valence-corrected chi connectivity index (χ4v) is 3.45. The predicted molar refractivity (Wildman–Crippen MR) is 130 cm³/mol. The zero-order valence-electron chi connectivity index (χ0n) is 18.3. The highest BCUT2D eigenvalue weighted by Crippen LogP contribution is 2.28. The number of fused-ring (bicyclic) bond motifs is 1. The molecule has 6 nitrogen and oxygen atoms in total. The summed E-state index contributed by atoms with van der Waals surface area (Å²) < 4.78 is 16.7. The number of carbonyl (C=O) groups excluding carboxylic acids is 1. The number of anilines is 1. The Kier molecular flexibility index (Phi) is 6.95. The lowest BCUT2D eigenvalue weighted by Gasteiger charge is -2.09. The molecule has 0 bridgehead atoms. The number of hydrogen-bond donors (Lipinski definition) is 1. The van der Waals surface area contributed by atoms with E-state index < -0.39 is 0 Å². The summed E-state index contributed by atoms with van der Waals surface area (Å²) in [5, 5.41) is 3.54. The number of rotatable bonds is 8. The summed E-state index contributed by atoms with van der Waals surface area (Å²) in [7, 11) is 1.58. The van der Waals surface area contributed by atoms with Crippen LogP contribution in [0.2, 0.25) is 5.02 Å². The van der Waals surface area contributed by atoms with E-state index in [1.807, 2.05) is 49.4 Å². The summed E-state index contributed by atoms with van der Waals surface area (Å²) in [6.07, 6.45) is 3.74. The molecule has 4 rings (SSSR count). The average molecular weight is 463 g/mol. The molecule has 1 heterocycles. The van der Waals surface area contributed by atoms with E-state index in [0.717, 1.165) is 11.1 Å². The molecule has 1 amide bonds. The Morgan fingerprint density at radius 1 is 1.09 bits per heavy atom. The van der Waals surface area contributed by atoms with E-state index in [1.165, 1.54) is 6.08 Å². The third-order valence-corrected chi connectivity index (χ3v) is 5.13. The van der Waals surface area contributed by atoms with Gasteiger partial charge in [0.25, 0.3) is 0 Å². The van der Waals surface area contributed by atoms with Crippen molar-refractivity contribution in [2.24, 2.45) is 0 Å². The topological polar surface area (TPSA) is 73.6 Å². The SMILES string of the molecule is CCOc1ccc(/C=C/C(=O)Nc2ccc3oc(Cc4ccc(Cl)cc4)nc3c2)cc1OC. The zero-order chi connectivity index (χ0) is 23.2. The van der Waals surface area contributed by atoms with E-state index in [2.05, 4.69) is 10.3 Å². The first-order chi connectivity index (χ1) is 16.0. The summed E-state index contributed by atoms with van der Waals surface area (Å²) in [6, 6.07) is 18.4. The lowest BCUT2D eigenvalue weighted by molar-refractivity contribution is -0.111. The molecule has 7 heteroatoms. The van der Waals surface area contributed by atoms with Crippen LogP contribution in [-0.4, -0.2) is 24.6 Å². The average Bonchev–Trinajstić information content (AvgIpc) is 3.21. The van der Waals surface area contributed by atoms with Gasteiger partial charge in [-0.1, -0.05) is 29.8 Å². The molecule has 0 atom stereocenters. The second-order valence-electron chi connectivity index (χ2n) is 7.26. The van der Waals surface area contributed by atoms with Crippen molar-refractivity contribution < 1.29 is 18.7 Å². The van der Waals surface area contributed by atoms with Gasteiger partial charge in [0.05, 0.1) is 13.7 Å². The van der Waals surface area contributed by atoms with Gasteiger partial charge in [0.15, 0.2) is 23.0 Å². The van der Waals surface area contributed by atoms with Crippen LogP contribution in [0.1, 0.15) is 23.9 Å². The van der Waals surface area contributed by atoms with Gasteiger partial charge in [0, 0.05) is 23.2 Å². The number of ether oxygens (including phenoxy) is 2. The van der Waals surface area contributed by atoms with Gasteiger partial charge in [0.1, 0.15) is 5.52 Å². The van der Waals surface area contributed by atoms with Crippen molar-refractivity contribution in [2.75, 3.05) is 19.0 Å². The van der Waals surface area contributed by atoms with Crippen LogP contribution in [0.25, 0.3) is 17.2 Å². The zero-order valence-corrected chi connectivity index (χ0v) is 19.1. The van der Waals surface area contributed by atoms with Gasteiger partial charge < -0.3 is 19.2 Å². The summed E-state index contributed by atoms with van der Waals surface area (Å²) >= 11 is 5.94. The molecule has 4 aromatic rings. The smallest absolute Gasteiger partial charge is 0.248 e. The summed E-state index contributed by atoms with van der Waals surface area (Å²) in [5.41, 5.74) is 3.85. The maximum atomic E-state index is 12.4. The molecule has 0 saturated heterocycles. The first kappa shape index (κ1) is 22.4. The Hall–Kier alpha value is -3.77. The molecule has 0 spiro atoms. The molecule has 0 unspecified atom stereocenters. The van der Waals surface area contributed by atoms with Crippen molar-refractivity contribution in [1.29, 1.82) is 0 Å². The maximum absolute atomic E-state index is 12.4. The van der Waals surface area contributed by atoms with E-state index in [4.69, 9.17) is 25.5 Å². The van der Waals surface area contributed by atoms with Gasteiger partial charge in [-0.15, -0.1) is 0 Å². The van der Waals surface area contributed by atoms with Crippen molar-refractivity contribution >= 4 is 40.4 Å². The number of oxazole rings is 1. The third-order valence-electron chi connectivity index (χ3n) is 4.88. The van der Waals surface area contributed by atoms with Crippen LogP contribution < -0.4 is 14.8 Å². The molecule has 0 aliphatic carbocycles. The predicted octanol–water partition coefficient (Wildman–Crippen LogP) is 6.13. The maximum Gasteiger partial charge on any atom is 0.248 e. The van der Waals surface area contributed by atoms with Crippen LogP contribution in [0.3, 0.4) is 0 Å². The molecule has 0 fully saturated rings. The molecule has 3 aromatic carbocycles. The van der Waals surface area contributed by atoms with Gasteiger partial charge in [-0.25, -0.2) is 4.98 Å². The number of aromatic nitrogens is 1. The highest BCUT2D eigenvalue weighted by molar-refractivity contribution is 6.30. The number of nitrogens with one attached hydrogen (secondary N) is 1. The van der Waals surface area contributed by atoms with E-state index in [-0.39, 0.29) is 5.91 Å². The van der Waals surface area contributed by atoms with E-state index in [0.29, 0.717) is 52.2 Å². The molecule has 168 valence electrons. The van der Waals surface area contributed by atoms with Crippen molar-refractivity contribution in [1.82, 2.24) is 4.98 Å². The van der Waals surface area contributed by atoms with Crippen LogP contribution >= 0.6 is 11.6 Å². The fraction of sp³-hybridized carbons (Fsp3) is 0.154. The van der Waals surface area contributed by atoms with E-state index >= 15 is 0 Å². The van der Waals surface area contributed by atoms with Gasteiger partial charge in [0.2, 0.25) is 5.91 Å². The highest BCUT2D eigenvalue weighted by Gasteiger charge is 2.09. The lowest BCUT2D eigenvalue weighted by atomic mass is 10.1. The highest BCUT2D eigenvalue weighted by atomic mass is 35.5. The Morgan fingerprint density at radius 2 is 1.91 bits per heavy atom. The second-order valence-corrected chi connectivity index (χ2v) is 7.70. The van der Waals surface area contributed by atoms with Gasteiger partial charge >= 0.3 is 0 Å². The number of carbonyl (C=O) groups is 1. The first-order valence-electron chi connectivity index (χ1n) is 10.5. The molecular weight excluding hydrogens is 440 g/mol.